The van der Waals surface area contributed by atoms with Gasteiger partial charge in [-0.2, -0.15) is 5.10 Å². The van der Waals surface area contributed by atoms with Crippen LogP contribution in [0.3, 0.4) is 0 Å². The molecule has 0 aliphatic heterocycles. The highest BCUT2D eigenvalue weighted by Gasteiger charge is 2.47. The van der Waals surface area contributed by atoms with Crippen molar-refractivity contribution in [3.63, 3.8) is 0 Å². The zero-order chi connectivity index (χ0) is 14.3. The van der Waals surface area contributed by atoms with E-state index in [9.17, 15) is 0 Å². The lowest BCUT2D eigenvalue weighted by Gasteiger charge is -2.24. The molecule has 3 nitrogen and oxygen atoms in total. The maximum atomic E-state index is 6.54. The van der Waals surface area contributed by atoms with Gasteiger partial charge < -0.3 is 5.32 Å². The molecule has 0 saturated heterocycles. The van der Waals surface area contributed by atoms with Crippen LogP contribution in [0.25, 0.3) is 0 Å². The maximum absolute atomic E-state index is 6.54. The van der Waals surface area contributed by atoms with Gasteiger partial charge in [0.05, 0.1) is 16.4 Å². The van der Waals surface area contributed by atoms with Crippen LogP contribution in [0.4, 0.5) is 0 Å². The van der Waals surface area contributed by atoms with Gasteiger partial charge in [0.25, 0.3) is 0 Å². The zero-order valence-electron chi connectivity index (χ0n) is 12.8. The summed E-state index contributed by atoms with van der Waals surface area (Å²) < 4.78 is 2.10. The number of likely N-dealkylation sites (N-methyl/N-ethyl adjacent to an activating group) is 1. The second kappa shape index (κ2) is 5.69. The van der Waals surface area contributed by atoms with Crippen molar-refractivity contribution in [2.45, 2.75) is 58.5 Å². The van der Waals surface area contributed by atoms with Crippen molar-refractivity contribution in [3.8, 4) is 0 Å². The number of fused-ring (bicyclic) bond motifs is 1. The van der Waals surface area contributed by atoms with E-state index in [0.29, 0.717) is 6.04 Å². The molecule has 2 aliphatic carbocycles. The molecular formula is C16H26ClN3. The molecule has 1 N–H and O–H groups in total. The van der Waals surface area contributed by atoms with Gasteiger partial charge in [0.1, 0.15) is 0 Å². The minimum atomic E-state index is 0.548. The van der Waals surface area contributed by atoms with Gasteiger partial charge in [0, 0.05) is 19.0 Å². The van der Waals surface area contributed by atoms with E-state index in [0.717, 1.165) is 47.9 Å². The molecule has 4 heteroatoms. The monoisotopic (exact) mass is 295 g/mol. The molecule has 0 aromatic carbocycles. The number of hydrogen-bond donors (Lipinski definition) is 1. The summed E-state index contributed by atoms with van der Waals surface area (Å²) in [6.07, 6.45) is 6.24. The standard InChI is InChI=1S/C16H26ClN3/c1-4-13-16(17)15(20(5-2)19-13)9-14(18-3)12-7-10-6-11(10)8-12/h10-12,14,18H,4-9H2,1-3H3. The second-order valence-electron chi connectivity index (χ2n) is 6.46. The first-order valence-electron chi connectivity index (χ1n) is 8.09. The summed E-state index contributed by atoms with van der Waals surface area (Å²) in [5.74, 6) is 2.90. The van der Waals surface area contributed by atoms with Gasteiger partial charge in [-0.05, 0) is 57.4 Å². The molecule has 112 valence electrons. The van der Waals surface area contributed by atoms with Crippen molar-refractivity contribution in [2.75, 3.05) is 7.05 Å². The van der Waals surface area contributed by atoms with Crippen LogP contribution in [0.15, 0.2) is 0 Å². The molecule has 3 rings (SSSR count). The molecule has 2 fully saturated rings. The van der Waals surface area contributed by atoms with Crippen LogP contribution < -0.4 is 5.32 Å². The Balaban J connectivity index is 1.76. The lowest BCUT2D eigenvalue weighted by Crippen LogP contribution is -2.35. The topological polar surface area (TPSA) is 29.9 Å². The highest BCUT2D eigenvalue weighted by atomic mass is 35.5. The Bertz CT molecular complexity index is 472. The molecule has 2 saturated carbocycles. The summed E-state index contributed by atoms with van der Waals surface area (Å²) in [5, 5.41) is 9.08. The van der Waals surface area contributed by atoms with E-state index in [1.54, 1.807) is 0 Å². The van der Waals surface area contributed by atoms with Gasteiger partial charge in [0.15, 0.2) is 0 Å². The molecule has 2 aliphatic rings. The van der Waals surface area contributed by atoms with E-state index in [1.165, 1.54) is 25.0 Å². The average Bonchev–Trinajstić information content (AvgIpc) is 2.94. The van der Waals surface area contributed by atoms with Crippen LogP contribution in [0.5, 0.6) is 0 Å². The van der Waals surface area contributed by atoms with Crippen LogP contribution >= 0.6 is 11.6 Å². The maximum Gasteiger partial charge on any atom is 0.0850 e. The molecule has 3 unspecified atom stereocenters. The molecule has 0 spiro atoms. The summed E-state index contributed by atoms with van der Waals surface area (Å²) in [5.41, 5.74) is 2.28. The third-order valence-electron chi connectivity index (χ3n) is 5.33. The van der Waals surface area contributed by atoms with E-state index in [2.05, 4.69) is 36.0 Å². The summed E-state index contributed by atoms with van der Waals surface area (Å²) in [6, 6.07) is 0.548. The predicted molar refractivity (Wildman–Crippen MR) is 83.2 cm³/mol. The minimum Gasteiger partial charge on any atom is -0.316 e. The first kappa shape index (κ1) is 14.4. The first-order valence-corrected chi connectivity index (χ1v) is 8.46. The number of aromatic nitrogens is 2. The summed E-state index contributed by atoms with van der Waals surface area (Å²) in [7, 11) is 2.09. The number of nitrogens with zero attached hydrogens (tertiary/aromatic N) is 2. The Labute approximate surface area is 127 Å². The van der Waals surface area contributed by atoms with Gasteiger partial charge in [-0.25, -0.2) is 0 Å². The lowest BCUT2D eigenvalue weighted by atomic mass is 9.91. The van der Waals surface area contributed by atoms with Crippen molar-refractivity contribution < 1.29 is 0 Å². The van der Waals surface area contributed by atoms with Crippen LogP contribution in [-0.4, -0.2) is 22.9 Å². The Hall–Kier alpha value is -0.540. The van der Waals surface area contributed by atoms with E-state index in [4.69, 9.17) is 11.6 Å². The number of halogens is 1. The van der Waals surface area contributed by atoms with Gasteiger partial charge in [-0.15, -0.1) is 0 Å². The van der Waals surface area contributed by atoms with E-state index in [-0.39, 0.29) is 0 Å². The quantitative estimate of drug-likeness (QED) is 0.873. The summed E-state index contributed by atoms with van der Waals surface area (Å²) >= 11 is 6.54. The van der Waals surface area contributed by atoms with Crippen LogP contribution in [-0.2, 0) is 19.4 Å². The van der Waals surface area contributed by atoms with Gasteiger partial charge in [-0.3, -0.25) is 4.68 Å². The molecule has 0 bridgehead atoms. The molecule has 1 heterocycles. The SMILES string of the molecule is CCc1nn(CC)c(CC(NC)C2CC3CC3C2)c1Cl. The third kappa shape index (κ3) is 2.50. The van der Waals surface area contributed by atoms with Crippen LogP contribution in [0.2, 0.25) is 5.02 Å². The summed E-state index contributed by atoms with van der Waals surface area (Å²) in [6.45, 7) is 5.17. The Kier molecular flexibility index (Phi) is 4.09. The van der Waals surface area contributed by atoms with E-state index < -0.39 is 0 Å². The lowest BCUT2D eigenvalue weighted by molar-refractivity contribution is 0.343. The van der Waals surface area contributed by atoms with Gasteiger partial charge >= 0.3 is 0 Å². The average molecular weight is 296 g/mol. The molecule has 3 atom stereocenters. The van der Waals surface area contributed by atoms with E-state index in [1.807, 2.05) is 0 Å². The third-order valence-corrected chi connectivity index (χ3v) is 5.76. The second-order valence-corrected chi connectivity index (χ2v) is 6.84. The van der Waals surface area contributed by atoms with Crippen LogP contribution in [0.1, 0.15) is 44.5 Å². The highest BCUT2D eigenvalue weighted by molar-refractivity contribution is 6.31. The fourth-order valence-electron chi connectivity index (χ4n) is 4.02. The van der Waals surface area contributed by atoms with Crippen LogP contribution in [0, 0.1) is 17.8 Å². The summed E-state index contributed by atoms with van der Waals surface area (Å²) in [4.78, 5) is 0. The van der Waals surface area contributed by atoms with Gasteiger partial charge in [-0.1, -0.05) is 18.5 Å². The number of aryl methyl sites for hydroxylation is 2. The molecule has 0 radical (unpaired) electrons. The fourth-order valence-corrected chi connectivity index (χ4v) is 4.36. The van der Waals surface area contributed by atoms with Gasteiger partial charge in [0.2, 0.25) is 0 Å². The van der Waals surface area contributed by atoms with Crippen molar-refractivity contribution in [1.29, 1.82) is 0 Å². The normalized spacial score (nSPS) is 29.5. The predicted octanol–water partition coefficient (Wildman–Crippen LogP) is 3.30. The molecular weight excluding hydrogens is 270 g/mol. The van der Waals surface area contributed by atoms with Crippen molar-refractivity contribution >= 4 is 11.6 Å². The van der Waals surface area contributed by atoms with Crippen molar-refractivity contribution in [2.24, 2.45) is 17.8 Å². The Morgan fingerprint density at radius 2 is 2.00 bits per heavy atom. The van der Waals surface area contributed by atoms with Crippen molar-refractivity contribution in [3.05, 3.63) is 16.4 Å². The van der Waals surface area contributed by atoms with Crippen molar-refractivity contribution in [1.82, 2.24) is 15.1 Å². The molecule has 1 aromatic heterocycles. The number of nitrogens with one attached hydrogen (secondary N) is 1. The number of hydrogen-bond acceptors (Lipinski definition) is 2. The first-order chi connectivity index (χ1) is 9.67. The Morgan fingerprint density at radius 3 is 2.55 bits per heavy atom. The zero-order valence-corrected chi connectivity index (χ0v) is 13.6. The minimum absolute atomic E-state index is 0.548. The molecule has 1 aromatic rings. The highest BCUT2D eigenvalue weighted by Crippen LogP contribution is 2.55. The fraction of sp³-hybridized carbons (Fsp3) is 0.812. The molecule has 20 heavy (non-hydrogen) atoms. The number of rotatable bonds is 6. The smallest absolute Gasteiger partial charge is 0.0850 e. The Morgan fingerprint density at radius 1 is 1.30 bits per heavy atom. The largest absolute Gasteiger partial charge is 0.316 e. The van der Waals surface area contributed by atoms with E-state index >= 15 is 0 Å². The molecule has 0 amide bonds.